The number of benzene rings is 1. The summed E-state index contributed by atoms with van der Waals surface area (Å²) in [7, 11) is 1.95. The molecule has 0 saturated carbocycles. The smallest absolute Gasteiger partial charge is 0.142 e. The highest BCUT2D eigenvalue weighted by atomic mass is 35.5. The van der Waals surface area contributed by atoms with E-state index in [0.717, 1.165) is 28.1 Å². The van der Waals surface area contributed by atoms with Crippen molar-refractivity contribution in [1.29, 1.82) is 0 Å². The number of imidazole rings is 1. The number of anilines is 1. The number of pyridine rings is 1. The third-order valence-electron chi connectivity index (χ3n) is 2.92. The summed E-state index contributed by atoms with van der Waals surface area (Å²) < 4.78 is 1.98. The van der Waals surface area contributed by atoms with E-state index in [4.69, 9.17) is 17.3 Å². The zero-order valence-corrected chi connectivity index (χ0v) is 10.5. The van der Waals surface area contributed by atoms with Crippen molar-refractivity contribution in [3.05, 3.63) is 41.7 Å². The third-order valence-corrected chi connectivity index (χ3v) is 3.22. The minimum absolute atomic E-state index is 0.587. The van der Waals surface area contributed by atoms with Crippen LogP contribution in [0.3, 0.4) is 0 Å². The Bertz CT molecular complexity index is 733. The highest BCUT2D eigenvalue weighted by Gasteiger charge is 2.12. The molecular formula is C13H11ClN4. The predicted octanol–water partition coefficient (Wildman–Crippen LogP) is 2.87. The highest BCUT2D eigenvalue weighted by molar-refractivity contribution is 6.33. The number of halogens is 1. The molecule has 0 aliphatic rings. The van der Waals surface area contributed by atoms with Crippen LogP contribution in [0, 0.1) is 0 Å². The monoisotopic (exact) mass is 258 g/mol. The maximum absolute atomic E-state index is 6.15. The topological polar surface area (TPSA) is 56.7 Å². The first-order valence-electron chi connectivity index (χ1n) is 5.48. The Labute approximate surface area is 109 Å². The fourth-order valence-electron chi connectivity index (χ4n) is 2.00. The van der Waals surface area contributed by atoms with Crippen molar-refractivity contribution >= 4 is 28.3 Å². The Kier molecular flexibility index (Phi) is 2.45. The van der Waals surface area contributed by atoms with E-state index in [-0.39, 0.29) is 0 Å². The van der Waals surface area contributed by atoms with Crippen molar-refractivity contribution in [3.63, 3.8) is 0 Å². The van der Waals surface area contributed by atoms with Crippen molar-refractivity contribution in [1.82, 2.24) is 14.5 Å². The summed E-state index contributed by atoms with van der Waals surface area (Å²) in [6.45, 7) is 0. The molecule has 4 nitrogen and oxygen atoms in total. The summed E-state index contributed by atoms with van der Waals surface area (Å²) in [5.74, 6) is 0.808. The van der Waals surface area contributed by atoms with Gasteiger partial charge in [0.05, 0.1) is 16.1 Å². The molecule has 2 N–H and O–H groups in total. The van der Waals surface area contributed by atoms with Crippen LogP contribution in [0.25, 0.3) is 22.4 Å². The average Bonchev–Trinajstić information content (AvgIpc) is 2.68. The zero-order chi connectivity index (χ0) is 12.7. The highest BCUT2D eigenvalue weighted by Crippen LogP contribution is 2.29. The molecule has 2 aromatic heterocycles. The Hall–Kier alpha value is -2.07. The van der Waals surface area contributed by atoms with Gasteiger partial charge in [-0.3, -0.25) is 4.98 Å². The third kappa shape index (κ3) is 1.62. The Balaban J connectivity index is 2.31. The standard InChI is InChI=1S/C13H11ClN4/c1-18-12-6-8(15)2-3-11(12)17-13(18)9-4-5-16-7-10(9)14/h2-7H,15H2,1H3. The molecule has 0 saturated heterocycles. The minimum Gasteiger partial charge on any atom is -0.399 e. The molecule has 0 atom stereocenters. The normalized spacial score (nSPS) is 11.0. The van der Waals surface area contributed by atoms with Gasteiger partial charge in [-0.15, -0.1) is 0 Å². The maximum Gasteiger partial charge on any atom is 0.142 e. The van der Waals surface area contributed by atoms with Gasteiger partial charge >= 0.3 is 0 Å². The second kappa shape index (κ2) is 3.99. The quantitative estimate of drug-likeness (QED) is 0.683. The van der Waals surface area contributed by atoms with Gasteiger partial charge in [-0.1, -0.05) is 11.6 Å². The number of hydrogen-bond acceptors (Lipinski definition) is 3. The first-order valence-corrected chi connectivity index (χ1v) is 5.86. The van der Waals surface area contributed by atoms with Crippen LogP contribution >= 0.6 is 11.6 Å². The molecule has 3 aromatic rings. The van der Waals surface area contributed by atoms with Crippen LogP contribution in [0.5, 0.6) is 0 Å². The lowest BCUT2D eigenvalue weighted by Gasteiger charge is -2.03. The second-order valence-corrected chi connectivity index (χ2v) is 4.51. The van der Waals surface area contributed by atoms with Gasteiger partial charge in [0.2, 0.25) is 0 Å². The van der Waals surface area contributed by atoms with Crippen molar-refractivity contribution in [2.45, 2.75) is 0 Å². The number of nitrogen functional groups attached to an aromatic ring is 1. The second-order valence-electron chi connectivity index (χ2n) is 4.10. The van der Waals surface area contributed by atoms with Gasteiger partial charge in [-0.2, -0.15) is 0 Å². The van der Waals surface area contributed by atoms with Gasteiger partial charge in [0.1, 0.15) is 5.82 Å². The zero-order valence-electron chi connectivity index (χ0n) is 9.76. The van der Waals surface area contributed by atoms with Gasteiger partial charge < -0.3 is 10.3 Å². The van der Waals surface area contributed by atoms with E-state index in [9.17, 15) is 0 Å². The predicted molar refractivity (Wildman–Crippen MR) is 73.4 cm³/mol. The molecule has 18 heavy (non-hydrogen) atoms. The molecule has 0 amide bonds. The molecule has 0 spiro atoms. The lowest BCUT2D eigenvalue weighted by Crippen LogP contribution is -1.94. The maximum atomic E-state index is 6.15. The van der Waals surface area contributed by atoms with Gasteiger partial charge in [0.15, 0.2) is 0 Å². The van der Waals surface area contributed by atoms with Gasteiger partial charge in [0, 0.05) is 30.7 Å². The molecule has 0 bridgehead atoms. The first-order chi connectivity index (χ1) is 8.66. The van der Waals surface area contributed by atoms with Crippen LogP contribution in [-0.2, 0) is 7.05 Å². The van der Waals surface area contributed by atoms with Gasteiger partial charge in [0.25, 0.3) is 0 Å². The van der Waals surface area contributed by atoms with Crippen LogP contribution in [0.2, 0.25) is 5.02 Å². The number of fused-ring (bicyclic) bond motifs is 1. The number of aryl methyl sites for hydroxylation is 1. The molecule has 1 aromatic carbocycles. The summed E-state index contributed by atoms with van der Waals surface area (Å²) in [6, 6.07) is 7.50. The van der Waals surface area contributed by atoms with Crippen LogP contribution < -0.4 is 5.73 Å². The number of nitrogens with two attached hydrogens (primary N) is 1. The fourth-order valence-corrected chi connectivity index (χ4v) is 2.21. The van der Waals surface area contributed by atoms with E-state index in [2.05, 4.69) is 9.97 Å². The van der Waals surface area contributed by atoms with E-state index in [1.807, 2.05) is 35.9 Å². The fraction of sp³-hybridized carbons (Fsp3) is 0.0769. The number of nitrogens with zero attached hydrogens (tertiary/aromatic N) is 3. The van der Waals surface area contributed by atoms with Crippen molar-refractivity contribution < 1.29 is 0 Å². The van der Waals surface area contributed by atoms with Crippen LogP contribution in [-0.4, -0.2) is 14.5 Å². The van der Waals surface area contributed by atoms with Gasteiger partial charge in [-0.25, -0.2) is 4.98 Å². The summed E-state index contributed by atoms with van der Waals surface area (Å²) >= 11 is 6.15. The lowest BCUT2D eigenvalue weighted by molar-refractivity contribution is 0.959. The largest absolute Gasteiger partial charge is 0.399 e. The minimum atomic E-state index is 0.587. The van der Waals surface area contributed by atoms with E-state index in [1.54, 1.807) is 12.4 Å². The van der Waals surface area contributed by atoms with Crippen LogP contribution in [0.4, 0.5) is 5.69 Å². The molecule has 0 fully saturated rings. The lowest BCUT2D eigenvalue weighted by atomic mass is 10.2. The summed E-state index contributed by atoms with van der Waals surface area (Å²) in [4.78, 5) is 8.56. The molecule has 0 aliphatic carbocycles. The molecule has 90 valence electrons. The Morgan fingerprint density at radius 1 is 1.28 bits per heavy atom. The molecule has 2 heterocycles. The summed E-state index contributed by atoms with van der Waals surface area (Å²) in [5, 5.41) is 0.587. The molecule has 0 radical (unpaired) electrons. The van der Waals surface area contributed by atoms with Crippen molar-refractivity contribution in [3.8, 4) is 11.4 Å². The van der Waals surface area contributed by atoms with E-state index < -0.39 is 0 Å². The van der Waals surface area contributed by atoms with Crippen molar-refractivity contribution in [2.75, 3.05) is 5.73 Å². The molecule has 5 heteroatoms. The first kappa shape index (κ1) is 11.0. The number of hydrogen-bond donors (Lipinski definition) is 1. The Morgan fingerprint density at radius 2 is 2.11 bits per heavy atom. The molecule has 0 unspecified atom stereocenters. The van der Waals surface area contributed by atoms with Crippen molar-refractivity contribution in [2.24, 2.45) is 7.05 Å². The SMILES string of the molecule is Cn1c(-c2ccncc2Cl)nc2ccc(N)cc21. The molecular weight excluding hydrogens is 248 g/mol. The molecule has 3 rings (SSSR count). The van der Waals surface area contributed by atoms with Crippen LogP contribution in [0.1, 0.15) is 0 Å². The number of aromatic nitrogens is 3. The van der Waals surface area contributed by atoms with Crippen LogP contribution in [0.15, 0.2) is 36.7 Å². The summed E-state index contributed by atoms with van der Waals surface area (Å²) in [6.07, 6.45) is 3.32. The number of rotatable bonds is 1. The van der Waals surface area contributed by atoms with E-state index in [0.29, 0.717) is 5.02 Å². The molecule has 0 aliphatic heterocycles. The Morgan fingerprint density at radius 3 is 2.89 bits per heavy atom. The van der Waals surface area contributed by atoms with Gasteiger partial charge in [-0.05, 0) is 24.3 Å². The summed E-state index contributed by atoms with van der Waals surface area (Å²) in [5.41, 5.74) is 9.26. The average molecular weight is 259 g/mol. The van der Waals surface area contributed by atoms with E-state index in [1.165, 1.54) is 0 Å². The van der Waals surface area contributed by atoms with E-state index >= 15 is 0 Å².